The van der Waals surface area contributed by atoms with Gasteiger partial charge in [0.15, 0.2) is 5.03 Å². The van der Waals surface area contributed by atoms with Crippen molar-refractivity contribution in [3.8, 4) is 11.3 Å². The topological polar surface area (TPSA) is 113 Å². The second-order valence-electron chi connectivity index (χ2n) is 10.8. The van der Waals surface area contributed by atoms with E-state index in [0.717, 1.165) is 70.7 Å². The summed E-state index contributed by atoms with van der Waals surface area (Å²) in [7, 11) is -4.10. The average Bonchev–Trinajstić information content (AvgIpc) is 3.47. The fourth-order valence-electron chi connectivity index (χ4n) is 5.37. The molecule has 3 aromatic carbocycles. The molecule has 0 bridgehead atoms. The summed E-state index contributed by atoms with van der Waals surface area (Å²) in [5.74, 6) is -0.521. The minimum absolute atomic E-state index is 0.145. The van der Waals surface area contributed by atoms with Crippen LogP contribution >= 0.6 is 11.3 Å². The molecule has 0 atom stereocenters. The lowest BCUT2D eigenvalue weighted by Gasteiger charge is -2.19. The quantitative estimate of drug-likeness (QED) is 0.120. The van der Waals surface area contributed by atoms with E-state index in [1.807, 2.05) is 54.6 Å². The van der Waals surface area contributed by atoms with E-state index in [9.17, 15) is 13.2 Å². The molecular weight excluding hydrogens is 591 g/mol. The molecule has 0 fully saturated rings. The van der Waals surface area contributed by atoms with Gasteiger partial charge in [0.05, 0.1) is 21.6 Å². The van der Waals surface area contributed by atoms with Crippen LogP contribution in [0.5, 0.6) is 0 Å². The van der Waals surface area contributed by atoms with Crippen molar-refractivity contribution in [2.75, 3.05) is 5.43 Å². The molecule has 0 aliphatic heterocycles. The maximum atomic E-state index is 13.0. The number of benzene rings is 3. The molecule has 0 unspecified atom stereocenters. The minimum atomic E-state index is -4.10. The molecule has 0 spiro atoms. The molecule has 2 N–H and O–H groups in total. The number of hydrogen-bond donors (Lipinski definition) is 2. The molecular formula is C34H33N5O3S2. The molecule has 5 aromatic rings. The first kappa shape index (κ1) is 29.7. The van der Waals surface area contributed by atoms with E-state index in [2.05, 4.69) is 38.3 Å². The van der Waals surface area contributed by atoms with Crippen LogP contribution in [-0.2, 0) is 27.7 Å². The fourth-order valence-corrected chi connectivity index (χ4v) is 7.16. The van der Waals surface area contributed by atoms with Crippen molar-refractivity contribution in [2.24, 2.45) is 5.10 Å². The smallest absolute Gasteiger partial charge is 0.274 e. The maximum absolute atomic E-state index is 13.0. The highest BCUT2D eigenvalue weighted by Gasteiger charge is 2.21. The highest BCUT2D eigenvalue weighted by atomic mass is 32.2. The van der Waals surface area contributed by atoms with Gasteiger partial charge in [-0.05, 0) is 80.0 Å². The number of aromatic nitrogens is 2. The summed E-state index contributed by atoms with van der Waals surface area (Å²) >= 11 is 1.55. The number of fused-ring (bicyclic) bond motifs is 2. The Morgan fingerprint density at radius 2 is 1.70 bits per heavy atom. The number of hydrogen-bond acceptors (Lipinski definition) is 8. The molecule has 44 heavy (non-hydrogen) atoms. The van der Waals surface area contributed by atoms with Crippen LogP contribution in [-0.4, -0.2) is 30.0 Å². The van der Waals surface area contributed by atoms with E-state index in [-0.39, 0.29) is 11.4 Å². The summed E-state index contributed by atoms with van der Waals surface area (Å²) in [5, 5.41) is 5.26. The van der Waals surface area contributed by atoms with Gasteiger partial charge in [-0.3, -0.25) is 10.2 Å². The third-order valence-corrected chi connectivity index (χ3v) is 9.83. The third kappa shape index (κ3) is 7.20. The number of para-hydroxylation sites is 1. The van der Waals surface area contributed by atoms with Gasteiger partial charge < -0.3 is 0 Å². The van der Waals surface area contributed by atoms with Gasteiger partial charge in [-0.15, -0.1) is 0 Å². The number of amides is 1. The van der Waals surface area contributed by atoms with Crippen LogP contribution in [0.1, 0.15) is 55.2 Å². The second-order valence-corrected chi connectivity index (χ2v) is 13.5. The third-order valence-electron chi connectivity index (χ3n) is 7.62. The van der Waals surface area contributed by atoms with Crippen LogP contribution in [0.2, 0.25) is 0 Å². The van der Waals surface area contributed by atoms with Crippen LogP contribution in [0.4, 0.5) is 5.13 Å². The van der Waals surface area contributed by atoms with E-state index >= 15 is 0 Å². The van der Waals surface area contributed by atoms with Crippen molar-refractivity contribution in [1.29, 1.82) is 0 Å². The minimum Gasteiger partial charge on any atom is -0.274 e. The molecule has 8 nitrogen and oxygen atoms in total. The van der Waals surface area contributed by atoms with Gasteiger partial charge in [0, 0.05) is 17.5 Å². The van der Waals surface area contributed by atoms with Crippen molar-refractivity contribution >= 4 is 48.3 Å². The summed E-state index contributed by atoms with van der Waals surface area (Å²) in [6, 6.07) is 29.0. The normalized spacial score (nSPS) is 14.0. The number of nitrogens with one attached hydrogen (secondary N) is 2. The molecule has 2 heterocycles. The summed E-state index contributed by atoms with van der Waals surface area (Å²) in [5.41, 5.74) is 9.74. The van der Waals surface area contributed by atoms with E-state index in [1.165, 1.54) is 17.2 Å². The number of rotatable bonds is 11. The highest BCUT2D eigenvalue weighted by Crippen LogP contribution is 2.29. The zero-order valence-corrected chi connectivity index (χ0v) is 25.8. The number of nitrogens with zero attached hydrogens (tertiary/aromatic N) is 3. The molecule has 0 radical (unpaired) electrons. The Morgan fingerprint density at radius 3 is 2.57 bits per heavy atom. The van der Waals surface area contributed by atoms with Gasteiger partial charge >= 0.3 is 0 Å². The monoisotopic (exact) mass is 623 g/mol. The van der Waals surface area contributed by atoms with Crippen molar-refractivity contribution in [2.45, 2.75) is 56.4 Å². The van der Waals surface area contributed by atoms with Gasteiger partial charge in [-0.25, -0.2) is 14.7 Å². The molecule has 1 amide bonds. The zero-order chi connectivity index (χ0) is 30.4. The number of aryl methyl sites for hydroxylation is 2. The first-order valence-electron chi connectivity index (χ1n) is 14.8. The van der Waals surface area contributed by atoms with E-state index in [0.29, 0.717) is 12.1 Å². The van der Waals surface area contributed by atoms with Crippen molar-refractivity contribution in [3.05, 3.63) is 108 Å². The lowest BCUT2D eigenvalue weighted by Crippen LogP contribution is -2.31. The Labute approximate surface area is 261 Å². The van der Waals surface area contributed by atoms with Crippen LogP contribution in [0.25, 0.3) is 21.5 Å². The Hall–Kier alpha value is -4.41. The summed E-state index contributed by atoms with van der Waals surface area (Å²) in [6.07, 6.45) is 6.23. The molecule has 10 heteroatoms. The van der Waals surface area contributed by atoms with Crippen LogP contribution in [0.15, 0.2) is 101 Å². The molecule has 1 aliphatic carbocycles. The standard InChI is InChI=1S/C34H33N5O3S2/c40-32(19-6-2-5-13-24-11-3-1-4-12-24)39-44(41,42)33-20-10-16-28(35-33)26-22-21-25-14-9-17-29(27(25)23-26)37-38-34-36-30-15-7-8-18-31(30)43-34/h1,3-4,7-8,10-12,15-16,18,20-23H,2,5-6,9,13-14,17,19H2,(H,36,38)(H,39,40)/b37-29+. The molecule has 0 saturated carbocycles. The SMILES string of the molecule is O=C(CCCCCc1ccccc1)NS(=O)(=O)c1cccc(-c2ccc3c(c2)/C(=N/Nc2nc4ccccc4s2)CCC3)n1. The first-order valence-corrected chi connectivity index (χ1v) is 17.1. The maximum Gasteiger partial charge on any atom is 0.281 e. The lowest BCUT2D eigenvalue weighted by molar-refractivity contribution is -0.119. The largest absolute Gasteiger partial charge is 0.281 e. The predicted octanol–water partition coefficient (Wildman–Crippen LogP) is 7.12. The highest BCUT2D eigenvalue weighted by molar-refractivity contribution is 7.90. The Kier molecular flexibility index (Phi) is 9.09. The van der Waals surface area contributed by atoms with Crippen LogP contribution in [0.3, 0.4) is 0 Å². The van der Waals surface area contributed by atoms with Gasteiger partial charge in [0.1, 0.15) is 0 Å². The molecule has 0 saturated heterocycles. The van der Waals surface area contributed by atoms with Gasteiger partial charge in [0.25, 0.3) is 10.0 Å². The summed E-state index contributed by atoms with van der Waals surface area (Å²) in [4.78, 5) is 21.5. The van der Waals surface area contributed by atoms with Crippen LogP contribution < -0.4 is 10.1 Å². The number of anilines is 1. The van der Waals surface area contributed by atoms with E-state index < -0.39 is 15.9 Å². The number of hydrazone groups is 1. The Morgan fingerprint density at radius 1 is 0.864 bits per heavy atom. The van der Waals surface area contributed by atoms with E-state index in [4.69, 9.17) is 5.10 Å². The average molecular weight is 624 g/mol. The number of thiazole rings is 1. The lowest BCUT2D eigenvalue weighted by atomic mass is 9.88. The molecule has 1 aliphatic rings. The summed E-state index contributed by atoms with van der Waals surface area (Å²) in [6.45, 7) is 0. The molecule has 224 valence electrons. The van der Waals surface area contributed by atoms with Crippen LogP contribution in [0, 0.1) is 0 Å². The second kappa shape index (κ2) is 13.5. The number of sulfonamides is 1. The number of unbranched alkanes of at least 4 members (excludes halogenated alkanes) is 2. The molecule has 6 rings (SSSR count). The zero-order valence-electron chi connectivity index (χ0n) is 24.2. The Balaban J connectivity index is 1.11. The van der Waals surface area contributed by atoms with Gasteiger partial charge in [0.2, 0.25) is 11.0 Å². The number of carbonyl (C=O) groups is 1. The Bertz CT molecular complexity index is 1890. The first-order chi connectivity index (χ1) is 21.4. The van der Waals surface area contributed by atoms with Crippen molar-refractivity contribution in [3.63, 3.8) is 0 Å². The number of carbonyl (C=O) groups excluding carboxylic acids is 1. The summed E-state index contributed by atoms with van der Waals surface area (Å²) < 4.78 is 29.4. The number of pyridine rings is 1. The predicted molar refractivity (Wildman–Crippen MR) is 176 cm³/mol. The molecule has 2 aromatic heterocycles. The van der Waals surface area contributed by atoms with Gasteiger partial charge in [-0.1, -0.05) is 78.4 Å². The van der Waals surface area contributed by atoms with Crippen molar-refractivity contribution in [1.82, 2.24) is 14.7 Å². The van der Waals surface area contributed by atoms with Crippen molar-refractivity contribution < 1.29 is 13.2 Å². The van der Waals surface area contributed by atoms with E-state index in [1.54, 1.807) is 23.5 Å². The fraction of sp³-hybridized carbons (Fsp3) is 0.235. The van der Waals surface area contributed by atoms with Gasteiger partial charge in [-0.2, -0.15) is 13.5 Å².